The smallest absolute Gasteiger partial charge is 0.123 e. The summed E-state index contributed by atoms with van der Waals surface area (Å²) in [5, 5.41) is 0. The van der Waals surface area contributed by atoms with Gasteiger partial charge in [0.25, 0.3) is 0 Å². The highest BCUT2D eigenvalue weighted by atomic mass is 32.1. The van der Waals surface area contributed by atoms with E-state index in [9.17, 15) is 4.39 Å². The molecule has 1 heterocycles. The predicted molar refractivity (Wildman–Crippen MR) is 61.5 cm³/mol. The zero-order valence-corrected chi connectivity index (χ0v) is 9.35. The average Bonchev–Trinajstić information content (AvgIpc) is 2.68. The fourth-order valence-electron chi connectivity index (χ4n) is 1.52. The Kier molecular flexibility index (Phi) is 3.11. The molecule has 0 fully saturated rings. The van der Waals surface area contributed by atoms with Crippen LogP contribution in [0, 0.1) is 5.82 Å². The fraction of sp³-hybridized carbons (Fsp3) is 0.250. The van der Waals surface area contributed by atoms with E-state index < -0.39 is 0 Å². The van der Waals surface area contributed by atoms with Crippen LogP contribution in [-0.4, -0.2) is 4.98 Å². The van der Waals surface area contributed by atoms with Crippen molar-refractivity contribution >= 4 is 11.3 Å². The molecule has 1 aromatic heterocycles. The Balaban J connectivity index is 2.36. The first-order valence-corrected chi connectivity index (χ1v) is 5.87. The first-order valence-electron chi connectivity index (χ1n) is 4.99. The summed E-state index contributed by atoms with van der Waals surface area (Å²) in [6, 6.07) is 6.52. The molecule has 0 unspecified atom stereocenters. The maximum atomic E-state index is 12.8. The van der Waals surface area contributed by atoms with Crippen LogP contribution < -0.4 is 0 Å². The quantitative estimate of drug-likeness (QED) is 0.766. The molecule has 3 heteroatoms. The summed E-state index contributed by atoms with van der Waals surface area (Å²) in [7, 11) is 0. The van der Waals surface area contributed by atoms with E-state index >= 15 is 0 Å². The summed E-state index contributed by atoms with van der Waals surface area (Å²) >= 11 is 1.67. The molecule has 0 aliphatic heterocycles. The van der Waals surface area contributed by atoms with Gasteiger partial charge in [-0.05, 0) is 30.7 Å². The molecule has 2 aromatic rings. The van der Waals surface area contributed by atoms with Gasteiger partial charge in [0.2, 0.25) is 0 Å². The lowest BCUT2D eigenvalue weighted by Crippen LogP contribution is -1.85. The van der Waals surface area contributed by atoms with Crippen LogP contribution in [0.2, 0.25) is 0 Å². The molecule has 0 spiro atoms. The summed E-state index contributed by atoms with van der Waals surface area (Å²) in [6.07, 6.45) is 2.15. The third kappa shape index (κ3) is 2.23. The summed E-state index contributed by atoms with van der Waals surface area (Å²) in [4.78, 5) is 5.61. The number of halogens is 1. The van der Waals surface area contributed by atoms with Gasteiger partial charge in [-0.1, -0.05) is 13.3 Å². The molecule has 0 saturated heterocycles. The average molecular weight is 221 g/mol. The molecule has 0 aliphatic carbocycles. The van der Waals surface area contributed by atoms with E-state index in [0.717, 1.165) is 24.1 Å². The fourth-order valence-corrected chi connectivity index (χ4v) is 2.41. The Bertz CT molecular complexity index is 433. The van der Waals surface area contributed by atoms with Crippen LogP contribution >= 0.6 is 11.3 Å². The maximum absolute atomic E-state index is 12.8. The lowest BCUT2D eigenvalue weighted by molar-refractivity contribution is 0.628. The van der Waals surface area contributed by atoms with Gasteiger partial charge in [0.1, 0.15) is 5.82 Å². The maximum Gasteiger partial charge on any atom is 0.123 e. The molecule has 1 aromatic carbocycles. The van der Waals surface area contributed by atoms with Gasteiger partial charge >= 0.3 is 0 Å². The highest BCUT2D eigenvalue weighted by molar-refractivity contribution is 7.10. The van der Waals surface area contributed by atoms with Gasteiger partial charge in [0, 0.05) is 10.4 Å². The monoisotopic (exact) mass is 221 g/mol. The van der Waals surface area contributed by atoms with E-state index in [1.54, 1.807) is 23.5 Å². The number of aromatic nitrogens is 1. The highest BCUT2D eigenvalue weighted by Crippen LogP contribution is 2.26. The lowest BCUT2D eigenvalue weighted by Gasteiger charge is -2.00. The van der Waals surface area contributed by atoms with Crippen molar-refractivity contribution in [2.45, 2.75) is 19.8 Å². The molecule has 0 saturated carbocycles. The van der Waals surface area contributed by atoms with E-state index in [1.807, 2.05) is 5.51 Å². The molecule has 15 heavy (non-hydrogen) atoms. The number of aryl methyl sites for hydroxylation is 1. The molecule has 0 amide bonds. The summed E-state index contributed by atoms with van der Waals surface area (Å²) in [6.45, 7) is 2.15. The van der Waals surface area contributed by atoms with Crippen molar-refractivity contribution in [1.82, 2.24) is 4.98 Å². The van der Waals surface area contributed by atoms with Gasteiger partial charge in [-0.25, -0.2) is 9.37 Å². The Morgan fingerprint density at radius 2 is 2.00 bits per heavy atom. The topological polar surface area (TPSA) is 12.9 Å². The molecule has 0 N–H and O–H groups in total. The number of thiazole rings is 1. The van der Waals surface area contributed by atoms with E-state index in [4.69, 9.17) is 0 Å². The Morgan fingerprint density at radius 3 is 2.67 bits per heavy atom. The van der Waals surface area contributed by atoms with Crippen LogP contribution in [0.4, 0.5) is 4.39 Å². The van der Waals surface area contributed by atoms with Crippen molar-refractivity contribution in [2.24, 2.45) is 0 Å². The molecular formula is C12H12FNS. The molecule has 2 rings (SSSR count). The number of benzene rings is 1. The molecule has 78 valence electrons. The lowest BCUT2D eigenvalue weighted by atomic mass is 10.1. The largest absolute Gasteiger partial charge is 0.244 e. The SMILES string of the molecule is CCCc1scnc1-c1ccc(F)cc1. The van der Waals surface area contributed by atoms with Crippen LogP contribution in [0.5, 0.6) is 0 Å². The van der Waals surface area contributed by atoms with E-state index in [-0.39, 0.29) is 5.82 Å². The molecule has 0 atom stereocenters. The molecule has 0 bridgehead atoms. The van der Waals surface area contributed by atoms with Crippen molar-refractivity contribution in [1.29, 1.82) is 0 Å². The summed E-state index contributed by atoms with van der Waals surface area (Å²) in [5.41, 5.74) is 3.85. The van der Waals surface area contributed by atoms with E-state index in [1.165, 1.54) is 17.0 Å². The minimum atomic E-state index is -0.203. The van der Waals surface area contributed by atoms with Crippen LogP contribution in [-0.2, 0) is 6.42 Å². The minimum absolute atomic E-state index is 0.203. The van der Waals surface area contributed by atoms with Gasteiger partial charge < -0.3 is 0 Å². The highest BCUT2D eigenvalue weighted by Gasteiger charge is 2.07. The van der Waals surface area contributed by atoms with Crippen LogP contribution in [0.15, 0.2) is 29.8 Å². The third-order valence-corrected chi connectivity index (χ3v) is 3.13. The molecule has 0 aliphatic rings. The minimum Gasteiger partial charge on any atom is -0.244 e. The second-order valence-electron chi connectivity index (χ2n) is 3.38. The number of hydrogen-bond acceptors (Lipinski definition) is 2. The normalized spacial score (nSPS) is 10.5. The second kappa shape index (κ2) is 4.53. The molecule has 1 nitrogen and oxygen atoms in total. The van der Waals surface area contributed by atoms with E-state index in [2.05, 4.69) is 11.9 Å². The van der Waals surface area contributed by atoms with Gasteiger partial charge in [-0.3, -0.25) is 0 Å². The number of nitrogens with zero attached hydrogens (tertiary/aromatic N) is 1. The summed E-state index contributed by atoms with van der Waals surface area (Å²) in [5.74, 6) is -0.203. The predicted octanol–water partition coefficient (Wildman–Crippen LogP) is 3.90. The summed E-state index contributed by atoms with van der Waals surface area (Å²) < 4.78 is 12.8. The van der Waals surface area contributed by atoms with Crippen LogP contribution in [0.1, 0.15) is 18.2 Å². The first-order chi connectivity index (χ1) is 7.31. The van der Waals surface area contributed by atoms with Crippen molar-refractivity contribution in [2.75, 3.05) is 0 Å². The Labute approximate surface area is 92.6 Å². The van der Waals surface area contributed by atoms with E-state index in [0.29, 0.717) is 0 Å². The third-order valence-electron chi connectivity index (χ3n) is 2.24. The number of hydrogen-bond donors (Lipinski definition) is 0. The zero-order chi connectivity index (χ0) is 10.7. The molecule has 0 radical (unpaired) electrons. The van der Waals surface area contributed by atoms with Crippen molar-refractivity contribution in [3.63, 3.8) is 0 Å². The van der Waals surface area contributed by atoms with Gasteiger partial charge in [0.05, 0.1) is 11.2 Å². The Morgan fingerprint density at radius 1 is 1.27 bits per heavy atom. The van der Waals surface area contributed by atoms with Crippen LogP contribution in [0.25, 0.3) is 11.3 Å². The zero-order valence-electron chi connectivity index (χ0n) is 8.53. The van der Waals surface area contributed by atoms with Crippen LogP contribution in [0.3, 0.4) is 0 Å². The van der Waals surface area contributed by atoms with Crippen molar-refractivity contribution in [3.05, 3.63) is 40.5 Å². The van der Waals surface area contributed by atoms with Gasteiger partial charge in [0.15, 0.2) is 0 Å². The number of rotatable bonds is 3. The van der Waals surface area contributed by atoms with Crippen molar-refractivity contribution < 1.29 is 4.39 Å². The Hall–Kier alpha value is -1.22. The standard InChI is InChI=1S/C12H12FNS/c1-2-3-11-12(14-8-15-11)9-4-6-10(13)7-5-9/h4-8H,2-3H2,1H3. The second-order valence-corrected chi connectivity index (χ2v) is 4.32. The van der Waals surface area contributed by atoms with Gasteiger partial charge in [-0.2, -0.15) is 0 Å². The first kappa shape index (κ1) is 10.3. The van der Waals surface area contributed by atoms with Crippen molar-refractivity contribution in [3.8, 4) is 11.3 Å². The molecular weight excluding hydrogens is 209 g/mol. The van der Waals surface area contributed by atoms with Gasteiger partial charge in [-0.15, -0.1) is 11.3 Å².